The predicted octanol–water partition coefficient (Wildman–Crippen LogP) is 1.98. The van der Waals surface area contributed by atoms with E-state index in [-0.39, 0.29) is 12.2 Å². The number of hydrogen-bond donors (Lipinski definition) is 1. The summed E-state index contributed by atoms with van der Waals surface area (Å²) < 4.78 is 23.5. The minimum atomic E-state index is -3.34. The summed E-state index contributed by atoms with van der Waals surface area (Å²) in [6.07, 6.45) is 1.41. The largest absolute Gasteiger partial charge is 0.481 e. The third-order valence-electron chi connectivity index (χ3n) is 2.86. The summed E-state index contributed by atoms with van der Waals surface area (Å²) in [6.45, 7) is 5.05. The molecule has 0 amide bonds. The first-order chi connectivity index (χ1) is 8.10. The highest BCUT2D eigenvalue weighted by molar-refractivity contribution is 7.92. The summed E-state index contributed by atoms with van der Waals surface area (Å²) in [7, 11) is -3.34. The number of unbranched alkanes of at least 4 members (excludes halogenated alkanes) is 1. The average Bonchev–Trinajstić information content (AvgIpc) is 2.23. The van der Waals surface area contributed by atoms with Gasteiger partial charge in [-0.15, -0.1) is 0 Å². The summed E-state index contributed by atoms with van der Waals surface area (Å²) >= 11 is 0. The molecule has 0 aliphatic rings. The molecule has 0 aliphatic carbocycles. The minimum Gasteiger partial charge on any atom is -0.481 e. The zero-order chi connectivity index (χ0) is 14.4. The van der Waals surface area contributed by atoms with Crippen LogP contribution in [0.3, 0.4) is 0 Å². The van der Waals surface area contributed by atoms with Gasteiger partial charge in [-0.3, -0.25) is 4.79 Å². The standard InChI is InChI=1S/C12H21NO4S/c1-10(8-11(14)15)18(16,17)7-5-4-6-12(2,3)9-13/h10H,4-8H2,1-3H3,(H,14,15). The van der Waals surface area contributed by atoms with E-state index >= 15 is 0 Å². The number of aliphatic carboxylic acids is 1. The summed E-state index contributed by atoms with van der Waals surface area (Å²) in [4.78, 5) is 10.5. The van der Waals surface area contributed by atoms with Crippen LogP contribution in [0.1, 0.15) is 46.5 Å². The molecule has 0 aromatic carbocycles. The topological polar surface area (TPSA) is 95.2 Å². The van der Waals surface area contributed by atoms with Gasteiger partial charge in [-0.05, 0) is 33.6 Å². The van der Waals surface area contributed by atoms with Crippen molar-refractivity contribution in [1.82, 2.24) is 0 Å². The Hall–Kier alpha value is -1.09. The molecule has 0 rings (SSSR count). The number of sulfone groups is 1. The van der Waals surface area contributed by atoms with E-state index in [1.807, 2.05) is 13.8 Å². The molecule has 0 aromatic rings. The van der Waals surface area contributed by atoms with Crippen molar-refractivity contribution in [2.75, 3.05) is 5.75 Å². The van der Waals surface area contributed by atoms with Gasteiger partial charge in [0.25, 0.3) is 0 Å². The molecule has 0 saturated carbocycles. The maximum absolute atomic E-state index is 11.7. The highest BCUT2D eigenvalue weighted by Gasteiger charge is 2.23. The second-order valence-corrected chi connectivity index (χ2v) is 7.77. The molecule has 1 unspecified atom stereocenters. The Morgan fingerprint density at radius 3 is 2.39 bits per heavy atom. The molecule has 6 heteroatoms. The Bertz CT molecular complexity index is 420. The highest BCUT2D eigenvalue weighted by Crippen LogP contribution is 2.22. The van der Waals surface area contributed by atoms with Crippen LogP contribution in [0.4, 0.5) is 0 Å². The lowest BCUT2D eigenvalue weighted by atomic mass is 9.89. The fraction of sp³-hybridized carbons (Fsp3) is 0.833. The average molecular weight is 275 g/mol. The van der Waals surface area contributed by atoms with Gasteiger partial charge in [0.1, 0.15) is 0 Å². The van der Waals surface area contributed by atoms with Crippen LogP contribution >= 0.6 is 0 Å². The zero-order valence-electron chi connectivity index (χ0n) is 11.1. The van der Waals surface area contributed by atoms with E-state index in [2.05, 4.69) is 6.07 Å². The van der Waals surface area contributed by atoms with Crippen molar-refractivity contribution < 1.29 is 18.3 Å². The Morgan fingerprint density at radius 2 is 1.94 bits per heavy atom. The molecule has 0 bridgehead atoms. The van der Waals surface area contributed by atoms with Crippen LogP contribution in [-0.2, 0) is 14.6 Å². The number of carboxylic acids is 1. The molecule has 104 valence electrons. The van der Waals surface area contributed by atoms with E-state index in [9.17, 15) is 13.2 Å². The molecule has 0 aliphatic heterocycles. The molecule has 0 aromatic heterocycles. The summed E-state index contributed by atoms with van der Waals surface area (Å²) in [5, 5.41) is 16.5. The van der Waals surface area contributed by atoms with E-state index in [1.54, 1.807) is 0 Å². The molecular weight excluding hydrogens is 254 g/mol. The van der Waals surface area contributed by atoms with Crippen LogP contribution in [0, 0.1) is 16.7 Å². The number of nitriles is 1. The van der Waals surface area contributed by atoms with Gasteiger partial charge in [0.2, 0.25) is 0 Å². The molecule has 1 N–H and O–H groups in total. The molecule has 0 fully saturated rings. The smallest absolute Gasteiger partial charge is 0.304 e. The first-order valence-electron chi connectivity index (χ1n) is 5.95. The monoisotopic (exact) mass is 275 g/mol. The van der Waals surface area contributed by atoms with E-state index < -0.39 is 26.5 Å². The number of carboxylic acid groups (broad SMARTS) is 1. The number of hydrogen-bond acceptors (Lipinski definition) is 4. The van der Waals surface area contributed by atoms with Crippen LogP contribution < -0.4 is 0 Å². The van der Waals surface area contributed by atoms with Gasteiger partial charge in [-0.1, -0.05) is 6.42 Å². The molecule has 5 nitrogen and oxygen atoms in total. The van der Waals surface area contributed by atoms with E-state index in [0.717, 1.165) is 0 Å². The van der Waals surface area contributed by atoms with Crippen molar-refractivity contribution >= 4 is 15.8 Å². The molecule has 0 saturated heterocycles. The molecular formula is C12H21NO4S. The molecule has 0 spiro atoms. The van der Waals surface area contributed by atoms with E-state index in [4.69, 9.17) is 10.4 Å². The lowest BCUT2D eigenvalue weighted by molar-refractivity contribution is -0.136. The predicted molar refractivity (Wildman–Crippen MR) is 68.7 cm³/mol. The zero-order valence-corrected chi connectivity index (χ0v) is 12.0. The molecule has 0 heterocycles. The number of carbonyl (C=O) groups is 1. The molecule has 18 heavy (non-hydrogen) atoms. The normalized spacial score (nSPS) is 13.9. The second-order valence-electron chi connectivity index (χ2n) is 5.23. The van der Waals surface area contributed by atoms with Gasteiger partial charge in [0.15, 0.2) is 9.84 Å². The lowest BCUT2D eigenvalue weighted by Crippen LogP contribution is -2.24. The van der Waals surface area contributed by atoms with Crippen molar-refractivity contribution in [1.29, 1.82) is 5.26 Å². The van der Waals surface area contributed by atoms with Crippen LogP contribution in [0.15, 0.2) is 0 Å². The molecule has 1 atom stereocenters. The SMILES string of the molecule is CC(CC(=O)O)S(=O)(=O)CCCCC(C)(C)C#N. The van der Waals surface area contributed by atoms with Crippen LogP contribution in [0.2, 0.25) is 0 Å². The van der Waals surface area contributed by atoms with Crippen molar-refractivity contribution in [2.24, 2.45) is 5.41 Å². The summed E-state index contributed by atoms with van der Waals surface area (Å²) in [5.74, 6) is -1.11. The first kappa shape index (κ1) is 16.9. The lowest BCUT2D eigenvalue weighted by Gasteiger charge is -2.15. The van der Waals surface area contributed by atoms with Gasteiger partial charge in [0, 0.05) is 0 Å². The maximum atomic E-state index is 11.7. The van der Waals surface area contributed by atoms with Crippen LogP contribution in [0.25, 0.3) is 0 Å². The van der Waals surface area contributed by atoms with E-state index in [1.165, 1.54) is 6.92 Å². The Balaban J connectivity index is 4.14. The summed E-state index contributed by atoms with van der Waals surface area (Å²) in [5.41, 5.74) is -0.434. The number of rotatable bonds is 8. The Morgan fingerprint density at radius 1 is 1.39 bits per heavy atom. The van der Waals surface area contributed by atoms with Crippen LogP contribution in [-0.4, -0.2) is 30.5 Å². The Labute approximate surface area is 109 Å². The summed E-state index contributed by atoms with van der Waals surface area (Å²) in [6, 6.07) is 2.16. The number of nitrogens with zero attached hydrogens (tertiary/aromatic N) is 1. The van der Waals surface area contributed by atoms with Gasteiger partial charge in [-0.2, -0.15) is 5.26 Å². The van der Waals surface area contributed by atoms with Crippen LogP contribution in [0.5, 0.6) is 0 Å². The first-order valence-corrected chi connectivity index (χ1v) is 7.67. The van der Waals surface area contributed by atoms with Gasteiger partial charge < -0.3 is 5.11 Å². The van der Waals surface area contributed by atoms with Gasteiger partial charge in [0.05, 0.1) is 28.9 Å². The van der Waals surface area contributed by atoms with Crippen molar-refractivity contribution in [3.05, 3.63) is 0 Å². The maximum Gasteiger partial charge on any atom is 0.304 e. The fourth-order valence-corrected chi connectivity index (χ4v) is 2.91. The van der Waals surface area contributed by atoms with Crippen molar-refractivity contribution in [3.63, 3.8) is 0 Å². The third-order valence-corrected chi connectivity index (χ3v) is 5.11. The fourth-order valence-electron chi connectivity index (χ4n) is 1.50. The van der Waals surface area contributed by atoms with Crippen molar-refractivity contribution in [3.8, 4) is 6.07 Å². The van der Waals surface area contributed by atoms with Gasteiger partial charge in [-0.25, -0.2) is 8.42 Å². The Kier molecular flexibility index (Phi) is 6.33. The second kappa shape index (κ2) is 6.74. The highest BCUT2D eigenvalue weighted by atomic mass is 32.2. The van der Waals surface area contributed by atoms with Crippen molar-refractivity contribution in [2.45, 2.75) is 51.7 Å². The molecule has 0 radical (unpaired) electrons. The third kappa shape index (κ3) is 6.60. The minimum absolute atomic E-state index is 0.0110. The van der Waals surface area contributed by atoms with Gasteiger partial charge >= 0.3 is 5.97 Å². The quantitative estimate of drug-likeness (QED) is 0.683. The van der Waals surface area contributed by atoms with E-state index in [0.29, 0.717) is 19.3 Å².